The highest BCUT2D eigenvalue weighted by Gasteiger charge is 2.20. The Balaban J connectivity index is 1.71. The van der Waals surface area contributed by atoms with E-state index in [9.17, 15) is 14.7 Å². The van der Waals surface area contributed by atoms with Crippen LogP contribution in [0.2, 0.25) is 0 Å². The zero-order valence-corrected chi connectivity index (χ0v) is 14.3. The van der Waals surface area contributed by atoms with Crippen molar-refractivity contribution in [3.63, 3.8) is 0 Å². The number of carboxylic acid groups (broad SMARTS) is 1. The Morgan fingerprint density at radius 2 is 1.86 bits per heavy atom. The van der Waals surface area contributed by atoms with Gasteiger partial charge in [-0.1, -0.05) is 30.3 Å². The van der Waals surface area contributed by atoms with E-state index in [1.54, 1.807) is 34.9 Å². The third kappa shape index (κ3) is 3.03. The van der Waals surface area contributed by atoms with Gasteiger partial charge in [0, 0.05) is 11.3 Å². The third-order valence-electron chi connectivity index (χ3n) is 4.10. The number of aromatic carboxylic acids is 1. The van der Waals surface area contributed by atoms with Crippen molar-refractivity contribution in [1.82, 2.24) is 19.9 Å². The van der Waals surface area contributed by atoms with Gasteiger partial charge in [-0.2, -0.15) is 0 Å². The molecule has 0 bridgehead atoms. The van der Waals surface area contributed by atoms with E-state index in [4.69, 9.17) is 5.73 Å². The molecule has 28 heavy (non-hydrogen) atoms. The summed E-state index contributed by atoms with van der Waals surface area (Å²) in [6, 6.07) is 13.2. The normalized spacial score (nSPS) is 10.9. The number of hydrogen-bond donors (Lipinski definition) is 2. The second-order valence-electron chi connectivity index (χ2n) is 5.89. The Morgan fingerprint density at radius 3 is 2.61 bits per heavy atom. The van der Waals surface area contributed by atoms with Crippen LogP contribution in [0, 0.1) is 0 Å². The molecule has 2 heterocycles. The number of amides is 1. The molecule has 0 atom stereocenters. The predicted octanol–water partition coefficient (Wildman–Crippen LogP) is 0.671. The van der Waals surface area contributed by atoms with Crippen LogP contribution in [0.1, 0.15) is 10.4 Å². The number of aromatic nitrogens is 4. The van der Waals surface area contributed by atoms with E-state index in [0.29, 0.717) is 16.9 Å². The lowest BCUT2D eigenvalue weighted by Crippen LogP contribution is -2.26. The minimum atomic E-state index is -1.38. The zero-order chi connectivity index (χ0) is 19.7. The first kappa shape index (κ1) is 17.2. The minimum Gasteiger partial charge on any atom is -0.545 e. The molecule has 0 saturated heterocycles. The fraction of sp³-hybridized carbons (Fsp3) is 0.0556. The SMILES string of the molecule is Nc1nonc1-c1nc2ccccc2n1CC(=O)Nc1ccccc1C(=O)[O-]. The standard InChI is InChI=1S/C18H14N6O4/c19-16-15(22-28-23-16)17-21-12-7-3-4-8-13(12)24(17)9-14(25)20-11-6-2-1-5-10(11)18(26)27/h1-8H,9H2,(H2,19,23)(H,20,25)(H,26,27)/p-1. The fourth-order valence-electron chi connectivity index (χ4n) is 2.87. The molecule has 0 spiro atoms. The van der Waals surface area contributed by atoms with Gasteiger partial charge in [0.2, 0.25) is 5.91 Å². The number of nitrogen functional groups attached to an aromatic ring is 1. The number of benzene rings is 2. The number of para-hydroxylation sites is 3. The summed E-state index contributed by atoms with van der Waals surface area (Å²) in [5.41, 5.74) is 7.31. The number of carboxylic acids is 1. The van der Waals surface area contributed by atoms with Gasteiger partial charge in [0.15, 0.2) is 17.3 Å². The van der Waals surface area contributed by atoms with Gasteiger partial charge >= 0.3 is 0 Å². The maximum Gasteiger partial charge on any atom is 0.244 e. The van der Waals surface area contributed by atoms with Crippen molar-refractivity contribution in [2.45, 2.75) is 6.54 Å². The third-order valence-corrected chi connectivity index (χ3v) is 4.10. The zero-order valence-electron chi connectivity index (χ0n) is 14.3. The summed E-state index contributed by atoms with van der Waals surface area (Å²) in [7, 11) is 0. The van der Waals surface area contributed by atoms with Gasteiger partial charge in [-0.3, -0.25) is 4.79 Å². The molecule has 0 unspecified atom stereocenters. The number of carbonyl (C=O) groups is 2. The largest absolute Gasteiger partial charge is 0.545 e. The van der Waals surface area contributed by atoms with Crippen molar-refractivity contribution >= 4 is 34.4 Å². The van der Waals surface area contributed by atoms with E-state index < -0.39 is 11.9 Å². The van der Waals surface area contributed by atoms with Crippen LogP contribution in [-0.2, 0) is 11.3 Å². The van der Waals surface area contributed by atoms with Gasteiger partial charge in [0.25, 0.3) is 0 Å². The molecule has 4 aromatic rings. The monoisotopic (exact) mass is 377 g/mol. The average molecular weight is 377 g/mol. The number of fused-ring (bicyclic) bond motifs is 1. The summed E-state index contributed by atoms with van der Waals surface area (Å²) >= 11 is 0. The van der Waals surface area contributed by atoms with Gasteiger partial charge in [0.1, 0.15) is 6.54 Å². The van der Waals surface area contributed by atoms with Gasteiger partial charge in [-0.15, -0.1) is 0 Å². The smallest absolute Gasteiger partial charge is 0.244 e. The molecule has 0 aliphatic rings. The molecule has 10 heteroatoms. The molecule has 1 amide bonds. The number of carbonyl (C=O) groups excluding carboxylic acids is 2. The molecule has 4 rings (SSSR count). The lowest BCUT2D eigenvalue weighted by molar-refractivity contribution is -0.254. The van der Waals surface area contributed by atoms with E-state index in [-0.39, 0.29) is 29.3 Å². The van der Waals surface area contributed by atoms with Crippen molar-refractivity contribution in [3.8, 4) is 11.5 Å². The molecule has 2 aromatic carbocycles. The van der Waals surface area contributed by atoms with Crippen molar-refractivity contribution < 1.29 is 19.3 Å². The Morgan fingerprint density at radius 1 is 1.11 bits per heavy atom. The molecule has 0 radical (unpaired) electrons. The summed E-state index contributed by atoms with van der Waals surface area (Å²) in [4.78, 5) is 28.3. The first-order valence-corrected chi connectivity index (χ1v) is 8.18. The summed E-state index contributed by atoms with van der Waals surface area (Å²) in [6.07, 6.45) is 0. The minimum absolute atomic E-state index is 0.0410. The quantitative estimate of drug-likeness (QED) is 0.515. The molecular formula is C18H13N6O4-. The number of hydrogen-bond acceptors (Lipinski definition) is 8. The van der Waals surface area contributed by atoms with E-state index >= 15 is 0 Å². The molecule has 0 aliphatic heterocycles. The van der Waals surface area contributed by atoms with Crippen molar-refractivity contribution in [2.75, 3.05) is 11.1 Å². The van der Waals surface area contributed by atoms with Gasteiger partial charge in [-0.25, -0.2) is 9.61 Å². The van der Waals surface area contributed by atoms with Crippen LogP contribution in [0.3, 0.4) is 0 Å². The molecule has 0 aliphatic carbocycles. The fourth-order valence-corrected chi connectivity index (χ4v) is 2.87. The summed E-state index contributed by atoms with van der Waals surface area (Å²) in [6.45, 7) is -0.163. The number of rotatable bonds is 5. The second-order valence-corrected chi connectivity index (χ2v) is 5.89. The maximum atomic E-state index is 12.6. The molecule has 0 fully saturated rings. The van der Waals surface area contributed by atoms with Crippen molar-refractivity contribution in [1.29, 1.82) is 0 Å². The number of anilines is 2. The lowest BCUT2D eigenvalue weighted by Gasteiger charge is -2.13. The Hall–Kier alpha value is -4.21. The highest BCUT2D eigenvalue weighted by molar-refractivity contribution is 6.00. The molecule has 10 nitrogen and oxygen atoms in total. The topological polar surface area (TPSA) is 152 Å². The summed E-state index contributed by atoms with van der Waals surface area (Å²) in [5, 5.41) is 21.1. The Kier molecular flexibility index (Phi) is 4.20. The molecule has 140 valence electrons. The predicted molar refractivity (Wildman–Crippen MR) is 96.8 cm³/mol. The van der Waals surface area contributed by atoms with E-state index in [1.165, 1.54) is 12.1 Å². The van der Waals surface area contributed by atoms with Gasteiger partial charge in [0.05, 0.1) is 17.0 Å². The lowest BCUT2D eigenvalue weighted by atomic mass is 10.2. The van der Waals surface area contributed by atoms with Crippen molar-refractivity contribution in [3.05, 3.63) is 54.1 Å². The number of nitrogens with one attached hydrogen (secondary N) is 1. The van der Waals surface area contributed by atoms with E-state index in [1.807, 2.05) is 6.07 Å². The van der Waals surface area contributed by atoms with Crippen LogP contribution in [0.25, 0.3) is 22.6 Å². The summed E-state index contributed by atoms with van der Waals surface area (Å²) in [5.74, 6) is -1.50. The van der Waals surface area contributed by atoms with E-state index in [0.717, 1.165) is 0 Å². The maximum absolute atomic E-state index is 12.6. The molecule has 2 aromatic heterocycles. The van der Waals surface area contributed by atoms with Gasteiger partial charge in [-0.05, 0) is 28.5 Å². The van der Waals surface area contributed by atoms with Crippen LogP contribution in [0.4, 0.5) is 11.5 Å². The first-order valence-electron chi connectivity index (χ1n) is 8.18. The molecule has 3 N–H and O–H groups in total. The van der Waals surface area contributed by atoms with Crippen LogP contribution >= 0.6 is 0 Å². The number of nitrogens with two attached hydrogens (primary N) is 1. The number of imidazole rings is 1. The number of nitrogens with zero attached hydrogens (tertiary/aromatic N) is 4. The first-order chi connectivity index (χ1) is 13.5. The van der Waals surface area contributed by atoms with Crippen LogP contribution in [-0.4, -0.2) is 31.7 Å². The van der Waals surface area contributed by atoms with E-state index in [2.05, 4.69) is 25.2 Å². The summed E-state index contributed by atoms with van der Waals surface area (Å²) < 4.78 is 6.24. The molecule has 0 saturated carbocycles. The molecular weight excluding hydrogens is 364 g/mol. The highest BCUT2D eigenvalue weighted by atomic mass is 16.6. The van der Waals surface area contributed by atoms with Crippen LogP contribution in [0.5, 0.6) is 0 Å². The van der Waals surface area contributed by atoms with Crippen LogP contribution < -0.4 is 16.2 Å². The Bertz CT molecular complexity index is 1200. The second kappa shape index (κ2) is 6.83. The van der Waals surface area contributed by atoms with Gasteiger partial charge < -0.3 is 25.5 Å². The Labute approximate surface area is 157 Å². The average Bonchev–Trinajstić information content (AvgIpc) is 3.25. The van der Waals surface area contributed by atoms with Crippen LogP contribution in [0.15, 0.2) is 53.2 Å². The van der Waals surface area contributed by atoms with Crippen molar-refractivity contribution in [2.24, 2.45) is 0 Å². The highest BCUT2D eigenvalue weighted by Crippen LogP contribution is 2.26.